The number of aliphatic hydroxyl groups is 1. The Kier molecular flexibility index (Phi) is 5.93. The maximum atomic E-state index is 12.3. The van der Waals surface area contributed by atoms with E-state index in [1.165, 1.54) is 18.2 Å². The van der Waals surface area contributed by atoms with Crippen LogP contribution in [-0.4, -0.2) is 36.1 Å². The first-order chi connectivity index (χ1) is 11.3. The van der Waals surface area contributed by atoms with Crippen LogP contribution in [0.2, 0.25) is 0 Å². The van der Waals surface area contributed by atoms with E-state index in [1.54, 1.807) is 6.07 Å². The second-order valence-corrected chi connectivity index (χ2v) is 5.99. The van der Waals surface area contributed by atoms with Gasteiger partial charge in [0.1, 0.15) is 5.75 Å². The smallest absolute Gasteiger partial charge is 0.422 e. The molecule has 1 saturated carbocycles. The number of hydrogen-bond acceptors (Lipinski definition) is 3. The summed E-state index contributed by atoms with van der Waals surface area (Å²) in [7, 11) is 0. The number of nitrogens with one attached hydrogen (secondary N) is 2. The van der Waals surface area contributed by atoms with Crippen molar-refractivity contribution in [1.82, 2.24) is 5.32 Å². The summed E-state index contributed by atoms with van der Waals surface area (Å²) in [6, 6.07) is 5.28. The Balaban J connectivity index is 1.89. The molecule has 0 spiro atoms. The molecule has 8 heteroatoms. The Labute approximate surface area is 138 Å². The first-order valence-electron chi connectivity index (χ1n) is 7.83. The number of para-hydroxylation sites is 2. The van der Waals surface area contributed by atoms with Crippen molar-refractivity contribution in [3.05, 3.63) is 24.3 Å². The molecular weight excluding hydrogens is 325 g/mol. The second-order valence-electron chi connectivity index (χ2n) is 5.99. The highest BCUT2D eigenvalue weighted by molar-refractivity contribution is 5.90. The van der Waals surface area contributed by atoms with E-state index < -0.39 is 24.4 Å². The van der Waals surface area contributed by atoms with Crippen LogP contribution in [0.4, 0.5) is 23.7 Å². The summed E-state index contributed by atoms with van der Waals surface area (Å²) in [5.74, 6) is -0.0682. The van der Waals surface area contributed by atoms with Crippen molar-refractivity contribution >= 4 is 11.7 Å². The molecule has 1 aliphatic carbocycles. The number of anilines is 1. The Hall–Kier alpha value is -1.96. The average Bonchev–Trinajstić information content (AvgIpc) is 2.52. The summed E-state index contributed by atoms with van der Waals surface area (Å²) in [4.78, 5) is 11.9. The molecule has 5 nitrogen and oxygen atoms in total. The molecule has 3 N–H and O–H groups in total. The molecule has 0 radical (unpaired) electrons. The Morgan fingerprint density at radius 1 is 1.21 bits per heavy atom. The molecule has 1 aliphatic rings. The first kappa shape index (κ1) is 18.4. The number of carbonyl (C=O) groups excluding carboxylic acids is 1. The molecule has 0 saturated heterocycles. The lowest BCUT2D eigenvalue weighted by atomic mass is 9.85. The number of rotatable bonds is 5. The molecule has 134 valence electrons. The van der Waals surface area contributed by atoms with Crippen LogP contribution in [0.5, 0.6) is 5.75 Å². The minimum atomic E-state index is -4.46. The van der Waals surface area contributed by atoms with Crippen LogP contribution in [0, 0.1) is 0 Å². The van der Waals surface area contributed by atoms with Gasteiger partial charge < -0.3 is 20.5 Å². The van der Waals surface area contributed by atoms with Crippen molar-refractivity contribution in [2.45, 2.75) is 43.9 Å². The molecule has 1 fully saturated rings. The molecule has 24 heavy (non-hydrogen) atoms. The third kappa shape index (κ3) is 5.92. The van der Waals surface area contributed by atoms with Crippen LogP contribution in [0.15, 0.2) is 24.3 Å². The maximum absolute atomic E-state index is 12.3. The number of alkyl halides is 3. The zero-order valence-electron chi connectivity index (χ0n) is 13.2. The minimum absolute atomic E-state index is 0.0682. The number of halogens is 3. The van der Waals surface area contributed by atoms with Gasteiger partial charge in [0.2, 0.25) is 0 Å². The van der Waals surface area contributed by atoms with Gasteiger partial charge in [-0.25, -0.2) is 4.79 Å². The molecule has 0 unspecified atom stereocenters. The van der Waals surface area contributed by atoms with Gasteiger partial charge in [-0.1, -0.05) is 31.4 Å². The molecule has 1 aromatic rings. The number of carbonyl (C=O) groups is 1. The average molecular weight is 346 g/mol. The van der Waals surface area contributed by atoms with Gasteiger partial charge in [-0.15, -0.1) is 0 Å². The van der Waals surface area contributed by atoms with E-state index in [1.807, 2.05) is 0 Å². The fourth-order valence-corrected chi connectivity index (χ4v) is 2.65. The summed E-state index contributed by atoms with van der Waals surface area (Å²) in [6.45, 7) is -1.34. The van der Waals surface area contributed by atoms with Gasteiger partial charge in [0.25, 0.3) is 0 Å². The van der Waals surface area contributed by atoms with Crippen molar-refractivity contribution in [2.24, 2.45) is 0 Å². The summed E-state index contributed by atoms with van der Waals surface area (Å²) in [5, 5.41) is 15.3. The summed E-state index contributed by atoms with van der Waals surface area (Å²) >= 11 is 0. The highest BCUT2D eigenvalue weighted by Gasteiger charge is 2.30. The van der Waals surface area contributed by atoms with Crippen LogP contribution in [0.25, 0.3) is 0 Å². The van der Waals surface area contributed by atoms with Crippen molar-refractivity contribution in [2.75, 3.05) is 18.5 Å². The third-order valence-electron chi connectivity index (χ3n) is 3.89. The Morgan fingerprint density at radius 2 is 1.88 bits per heavy atom. The van der Waals surface area contributed by atoms with Gasteiger partial charge in [0.05, 0.1) is 11.3 Å². The lowest BCUT2D eigenvalue weighted by Crippen LogP contribution is -2.45. The molecular formula is C16H21F3N2O3. The topological polar surface area (TPSA) is 70.6 Å². The van der Waals surface area contributed by atoms with E-state index in [0.29, 0.717) is 12.8 Å². The quantitative estimate of drug-likeness (QED) is 0.765. The van der Waals surface area contributed by atoms with Crippen LogP contribution in [0.1, 0.15) is 32.1 Å². The van der Waals surface area contributed by atoms with Gasteiger partial charge in [-0.3, -0.25) is 0 Å². The molecule has 0 bridgehead atoms. The van der Waals surface area contributed by atoms with Gasteiger partial charge in [0, 0.05) is 6.54 Å². The van der Waals surface area contributed by atoms with Crippen LogP contribution >= 0.6 is 0 Å². The standard InChI is InChI=1S/C16H21F3N2O3/c17-16(18,19)11-24-13-7-3-2-6-12(13)21-14(22)20-10-15(23)8-4-1-5-9-15/h2-3,6-7,23H,1,4-5,8-11H2,(H2,20,21,22). The van der Waals surface area contributed by atoms with E-state index in [2.05, 4.69) is 10.6 Å². The molecule has 2 amide bonds. The van der Waals surface area contributed by atoms with E-state index in [-0.39, 0.29) is 18.0 Å². The number of ether oxygens (including phenoxy) is 1. The van der Waals surface area contributed by atoms with E-state index in [4.69, 9.17) is 4.74 Å². The van der Waals surface area contributed by atoms with Gasteiger partial charge in [0.15, 0.2) is 6.61 Å². The largest absolute Gasteiger partial charge is 0.482 e. The van der Waals surface area contributed by atoms with Crippen molar-refractivity contribution in [3.63, 3.8) is 0 Å². The predicted octanol–water partition coefficient (Wildman–Crippen LogP) is 3.44. The highest BCUT2D eigenvalue weighted by atomic mass is 19.4. The SMILES string of the molecule is O=C(NCC1(O)CCCCC1)Nc1ccccc1OCC(F)(F)F. The molecule has 2 rings (SSSR count). The van der Waals surface area contributed by atoms with Crippen molar-refractivity contribution in [3.8, 4) is 5.75 Å². The lowest BCUT2D eigenvalue weighted by molar-refractivity contribution is -0.153. The molecule has 0 aromatic heterocycles. The number of urea groups is 1. The highest BCUT2D eigenvalue weighted by Crippen LogP contribution is 2.28. The summed E-state index contributed by atoms with van der Waals surface area (Å²) in [5.41, 5.74) is -0.781. The number of amides is 2. The van der Waals surface area contributed by atoms with Crippen LogP contribution < -0.4 is 15.4 Å². The molecule has 1 aromatic carbocycles. The zero-order valence-corrected chi connectivity index (χ0v) is 13.2. The maximum Gasteiger partial charge on any atom is 0.422 e. The second kappa shape index (κ2) is 7.74. The van der Waals surface area contributed by atoms with Gasteiger partial charge in [-0.2, -0.15) is 13.2 Å². The summed E-state index contributed by atoms with van der Waals surface area (Å²) < 4.78 is 41.5. The monoisotopic (exact) mass is 346 g/mol. The first-order valence-corrected chi connectivity index (χ1v) is 7.83. The van der Waals surface area contributed by atoms with Crippen LogP contribution in [-0.2, 0) is 0 Å². The van der Waals surface area contributed by atoms with Gasteiger partial charge in [-0.05, 0) is 25.0 Å². The van der Waals surface area contributed by atoms with E-state index >= 15 is 0 Å². The summed E-state index contributed by atoms with van der Waals surface area (Å²) in [6.07, 6.45) is -0.322. The third-order valence-corrected chi connectivity index (χ3v) is 3.89. The Morgan fingerprint density at radius 3 is 2.54 bits per heavy atom. The van der Waals surface area contributed by atoms with Crippen molar-refractivity contribution < 1.29 is 27.8 Å². The minimum Gasteiger partial charge on any atom is -0.482 e. The fraction of sp³-hybridized carbons (Fsp3) is 0.562. The number of benzene rings is 1. The molecule has 0 heterocycles. The normalized spacial score (nSPS) is 17.2. The molecule has 0 aliphatic heterocycles. The fourth-order valence-electron chi connectivity index (χ4n) is 2.65. The Bertz CT molecular complexity index is 558. The molecule has 0 atom stereocenters. The lowest BCUT2D eigenvalue weighted by Gasteiger charge is -2.32. The van der Waals surface area contributed by atoms with Crippen molar-refractivity contribution in [1.29, 1.82) is 0 Å². The van der Waals surface area contributed by atoms with Crippen LogP contribution in [0.3, 0.4) is 0 Å². The zero-order chi connectivity index (χ0) is 17.6. The van der Waals surface area contributed by atoms with E-state index in [9.17, 15) is 23.1 Å². The number of hydrogen-bond donors (Lipinski definition) is 3. The van der Waals surface area contributed by atoms with Gasteiger partial charge >= 0.3 is 12.2 Å². The predicted molar refractivity (Wildman–Crippen MR) is 83.0 cm³/mol. The van der Waals surface area contributed by atoms with E-state index in [0.717, 1.165) is 19.3 Å².